The standard InChI is InChI=1S/C19H18N2O/c1-20-16-7-3-4-8-17(16)21-13-10-11-19-15(12-13)14-6-2-5-9-18(14)22-19/h2-9,12,20-21H,10-11H2,1H3. The van der Waals surface area contributed by atoms with Gasteiger partial charge in [0.25, 0.3) is 0 Å². The highest BCUT2D eigenvalue weighted by Crippen LogP contribution is 2.34. The third-order valence-electron chi connectivity index (χ3n) is 4.14. The molecule has 1 aliphatic carbocycles. The molecular formula is C19H18N2O. The second-order valence-corrected chi connectivity index (χ2v) is 5.53. The molecule has 0 saturated carbocycles. The Balaban J connectivity index is 1.72. The number of fused-ring (bicyclic) bond motifs is 3. The van der Waals surface area contributed by atoms with Gasteiger partial charge in [-0.15, -0.1) is 0 Å². The molecule has 1 aliphatic rings. The number of para-hydroxylation sites is 3. The lowest BCUT2D eigenvalue weighted by atomic mass is 10.00. The van der Waals surface area contributed by atoms with Crippen LogP contribution >= 0.6 is 0 Å². The van der Waals surface area contributed by atoms with E-state index in [4.69, 9.17) is 4.42 Å². The van der Waals surface area contributed by atoms with Crippen LogP contribution in [0.1, 0.15) is 17.7 Å². The minimum absolute atomic E-state index is 0.935. The number of benzene rings is 2. The molecule has 0 saturated heterocycles. The van der Waals surface area contributed by atoms with Crippen molar-refractivity contribution in [3.05, 3.63) is 65.6 Å². The molecule has 3 nitrogen and oxygen atoms in total. The normalized spacial score (nSPS) is 13.6. The molecule has 0 amide bonds. The molecule has 2 aromatic carbocycles. The fourth-order valence-electron chi connectivity index (χ4n) is 3.04. The second-order valence-electron chi connectivity index (χ2n) is 5.53. The van der Waals surface area contributed by atoms with E-state index in [9.17, 15) is 0 Å². The van der Waals surface area contributed by atoms with Crippen LogP contribution in [0.5, 0.6) is 0 Å². The van der Waals surface area contributed by atoms with Crippen molar-refractivity contribution in [3.8, 4) is 0 Å². The zero-order valence-electron chi connectivity index (χ0n) is 12.5. The number of nitrogens with one attached hydrogen (secondary N) is 2. The first-order chi connectivity index (χ1) is 10.8. The maximum absolute atomic E-state index is 5.95. The summed E-state index contributed by atoms with van der Waals surface area (Å²) in [5, 5.41) is 7.97. The van der Waals surface area contributed by atoms with Crippen LogP contribution in [0.3, 0.4) is 0 Å². The van der Waals surface area contributed by atoms with E-state index in [1.165, 1.54) is 16.6 Å². The first-order valence-electron chi connectivity index (χ1n) is 7.60. The van der Waals surface area contributed by atoms with Crippen molar-refractivity contribution in [2.75, 3.05) is 17.7 Å². The van der Waals surface area contributed by atoms with Crippen molar-refractivity contribution >= 4 is 28.4 Å². The Bertz CT molecular complexity index is 861. The van der Waals surface area contributed by atoms with Gasteiger partial charge < -0.3 is 15.1 Å². The fraction of sp³-hybridized carbons (Fsp3) is 0.158. The number of anilines is 2. The number of allylic oxidation sites excluding steroid dienone is 1. The Hall–Kier alpha value is -2.68. The number of aryl methyl sites for hydroxylation is 1. The highest BCUT2D eigenvalue weighted by atomic mass is 16.3. The molecule has 3 aromatic rings. The summed E-state index contributed by atoms with van der Waals surface area (Å²) in [6, 6.07) is 16.5. The second kappa shape index (κ2) is 5.26. The van der Waals surface area contributed by atoms with Gasteiger partial charge in [0.05, 0.1) is 11.4 Å². The molecule has 110 valence electrons. The summed E-state index contributed by atoms with van der Waals surface area (Å²) in [7, 11) is 1.94. The van der Waals surface area contributed by atoms with Gasteiger partial charge in [0.15, 0.2) is 0 Å². The zero-order chi connectivity index (χ0) is 14.9. The highest BCUT2D eigenvalue weighted by molar-refractivity contribution is 5.90. The lowest BCUT2D eigenvalue weighted by Gasteiger charge is -2.17. The predicted octanol–water partition coefficient (Wildman–Crippen LogP) is 4.87. The first-order valence-corrected chi connectivity index (χ1v) is 7.60. The van der Waals surface area contributed by atoms with E-state index in [0.29, 0.717) is 0 Å². The van der Waals surface area contributed by atoms with E-state index in [1.54, 1.807) is 0 Å². The van der Waals surface area contributed by atoms with Crippen molar-refractivity contribution in [2.45, 2.75) is 12.8 Å². The number of rotatable bonds is 3. The highest BCUT2D eigenvalue weighted by Gasteiger charge is 2.18. The summed E-state index contributed by atoms with van der Waals surface area (Å²) >= 11 is 0. The van der Waals surface area contributed by atoms with Gasteiger partial charge in [-0.2, -0.15) is 0 Å². The molecule has 3 heteroatoms. The summed E-state index contributed by atoms with van der Waals surface area (Å²) in [6.45, 7) is 0. The molecule has 0 atom stereocenters. The first kappa shape index (κ1) is 13.0. The van der Waals surface area contributed by atoms with Gasteiger partial charge in [-0.05, 0) is 30.7 Å². The van der Waals surface area contributed by atoms with E-state index >= 15 is 0 Å². The van der Waals surface area contributed by atoms with Crippen molar-refractivity contribution in [2.24, 2.45) is 0 Å². The van der Waals surface area contributed by atoms with Crippen LogP contribution in [0.25, 0.3) is 17.0 Å². The minimum Gasteiger partial charge on any atom is -0.460 e. The lowest BCUT2D eigenvalue weighted by Crippen LogP contribution is -2.07. The Morgan fingerprint density at radius 2 is 1.68 bits per heavy atom. The molecule has 0 spiro atoms. The monoisotopic (exact) mass is 290 g/mol. The van der Waals surface area contributed by atoms with E-state index in [-0.39, 0.29) is 0 Å². The molecule has 1 aromatic heterocycles. The van der Waals surface area contributed by atoms with Crippen LogP contribution in [0.2, 0.25) is 0 Å². The van der Waals surface area contributed by atoms with Crippen molar-refractivity contribution in [1.29, 1.82) is 0 Å². The minimum atomic E-state index is 0.935. The van der Waals surface area contributed by atoms with E-state index in [2.05, 4.69) is 41.0 Å². The van der Waals surface area contributed by atoms with E-state index < -0.39 is 0 Å². The molecule has 0 radical (unpaired) electrons. The molecule has 0 aliphatic heterocycles. The van der Waals surface area contributed by atoms with Gasteiger partial charge in [0.2, 0.25) is 0 Å². The van der Waals surface area contributed by atoms with Gasteiger partial charge in [-0.3, -0.25) is 0 Å². The van der Waals surface area contributed by atoms with Crippen molar-refractivity contribution in [1.82, 2.24) is 0 Å². The fourth-order valence-corrected chi connectivity index (χ4v) is 3.04. The summed E-state index contributed by atoms with van der Waals surface area (Å²) in [4.78, 5) is 0. The van der Waals surface area contributed by atoms with Gasteiger partial charge in [-0.25, -0.2) is 0 Å². The lowest BCUT2D eigenvalue weighted by molar-refractivity contribution is 0.543. The maximum Gasteiger partial charge on any atom is 0.134 e. The van der Waals surface area contributed by atoms with Crippen LogP contribution in [0.4, 0.5) is 11.4 Å². The Morgan fingerprint density at radius 3 is 2.55 bits per heavy atom. The van der Waals surface area contributed by atoms with Gasteiger partial charge >= 0.3 is 0 Å². The van der Waals surface area contributed by atoms with Gasteiger partial charge in [0.1, 0.15) is 11.3 Å². The maximum atomic E-state index is 5.95. The topological polar surface area (TPSA) is 37.2 Å². The van der Waals surface area contributed by atoms with Crippen molar-refractivity contribution in [3.63, 3.8) is 0 Å². The van der Waals surface area contributed by atoms with E-state index in [0.717, 1.165) is 35.6 Å². The molecule has 2 N–H and O–H groups in total. The molecule has 0 bridgehead atoms. The predicted molar refractivity (Wildman–Crippen MR) is 92.1 cm³/mol. The number of hydrogen-bond donors (Lipinski definition) is 2. The van der Waals surface area contributed by atoms with Crippen LogP contribution in [-0.4, -0.2) is 7.05 Å². The smallest absolute Gasteiger partial charge is 0.134 e. The van der Waals surface area contributed by atoms with Crippen LogP contribution < -0.4 is 10.6 Å². The Labute approximate surface area is 129 Å². The third kappa shape index (κ3) is 2.15. The molecular weight excluding hydrogens is 272 g/mol. The molecule has 0 fully saturated rings. The molecule has 1 heterocycles. The molecule has 22 heavy (non-hydrogen) atoms. The number of hydrogen-bond acceptors (Lipinski definition) is 3. The van der Waals surface area contributed by atoms with Gasteiger partial charge in [-0.1, -0.05) is 30.3 Å². The Kier molecular flexibility index (Phi) is 3.11. The average Bonchev–Trinajstić information content (AvgIpc) is 2.93. The van der Waals surface area contributed by atoms with Gasteiger partial charge in [0, 0.05) is 30.1 Å². The zero-order valence-corrected chi connectivity index (χ0v) is 12.5. The summed E-state index contributed by atoms with van der Waals surface area (Å²) in [5.74, 6) is 1.09. The molecule has 0 unspecified atom stereocenters. The summed E-state index contributed by atoms with van der Waals surface area (Å²) in [5.41, 5.74) is 5.62. The third-order valence-corrected chi connectivity index (χ3v) is 4.14. The average molecular weight is 290 g/mol. The quantitative estimate of drug-likeness (QED) is 0.722. The van der Waals surface area contributed by atoms with Crippen LogP contribution in [0, 0.1) is 0 Å². The SMILES string of the molecule is CNc1ccccc1NC1=Cc2c(oc3ccccc23)CC1. The largest absolute Gasteiger partial charge is 0.460 e. The van der Waals surface area contributed by atoms with E-state index in [1.807, 2.05) is 31.3 Å². The van der Waals surface area contributed by atoms with Crippen LogP contribution in [-0.2, 0) is 6.42 Å². The molecule has 4 rings (SSSR count). The Morgan fingerprint density at radius 1 is 0.909 bits per heavy atom. The number of furan rings is 1. The summed E-state index contributed by atoms with van der Waals surface area (Å²) in [6.07, 6.45) is 4.12. The van der Waals surface area contributed by atoms with Crippen LogP contribution in [0.15, 0.2) is 58.6 Å². The summed E-state index contributed by atoms with van der Waals surface area (Å²) < 4.78 is 5.95. The van der Waals surface area contributed by atoms with Crippen molar-refractivity contribution < 1.29 is 4.42 Å².